The summed E-state index contributed by atoms with van der Waals surface area (Å²) in [6.07, 6.45) is -2.07. The van der Waals surface area contributed by atoms with E-state index in [1.807, 2.05) is 0 Å². The van der Waals surface area contributed by atoms with Gasteiger partial charge in [0.2, 0.25) is 11.8 Å². The molecule has 8 nitrogen and oxygen atoms in total. The van der Waals surface area contributed by atoms with Crippen LogP contribution in [0.2, 0.25) is 0 Å². The first-order chi connectivity index (χ1) is 14.7. The molecule has 2 aromatic rings. The number of para-hydroxylation sites is 1. The van der Waals surface area contributed by atoms with Crippen molar-refractivity contribution in [2.45, 2.75) is 25.7 Å². The van der Waals surface area contributed by atoms with Crippen LogP contribution in [-0.4, -0.2) is 53.1 Å². The number of carbonyl (C=O) groups excluding carboxylic acids is 2. The Bertz CT molecular complexity index is 945. The number of nitrogens with zero attached hydrogens (tertiary/aromatic N) is 3. The highest BCUT2D eigenvalue weighted by Crippen LogP contribution is 2.27. The largest absolute Gasteiger partial charge is 0.573 e. The van der Waals surface area contributed by atoms with E-state index in [4.69, 9.17) is 4.74 Å². The summed E-state index contributed by atoms with van der Waals surface area (Å²) >= 11 is 0. The van der Waals surface area contributed by atoms with Crippen LogP contribution in [0.4, 0.5) is 13.2 Å². The van der Waals surface area contributed by atoms with Crippen molar-refractivity contribution >= 4 is 11.8 Å². The number of methoxy groups -OCH3 is 1. The Labute approximate surface area is 176 Å². The van der Waals surface area contributed by atoms with E-state index in [0.717, 1.165) is 0 Å². The Morgan fingerprint density at radius 2 is 2.03 bits per heavy atom. The average Bonchev–Trinajstić information content (AvgIpc) is 3.12. The molecule has 1 aliphatic rings. The van der Waals surface area contributed by atoms with Crippen molar-refractivity contribution in [1.29, 1.82) is 0 Å². The highest BCUT2D eigenvalue weighted by Gasteiger charge is 2.33. The third-order valence-electron chi connectivity index (χ3n) is 4.95. The van der Waals surface area contributed by atoms with E-state index in [0.29, 0.717) is 24.9 Å². The van der Waals surface area contributed by atoms with E-state index in [1.165, 1.54) is 30.0 Å². The van der Waals surface area contributed by atoms with Gasteiger partial charge in [0, 0.05) is 38.4 Å². The molecule has 0 bridgehead atoms. The molecular formula is C20H23F3N4O4. The molecule has 1 N–H and O–H groups in total. The second kappa shape index (κ2) is 9.27. The van der Waals surface area contributed by atoms with Gasteiger partial charge in [0.05, 0.1) is 13.0 Å². The van der Waals surface area contributed by atoms with Crippen molar-refractivity contribution in [2.24, 2.45) is 13.0 Å². The Morgan fingerprint density at radius 1 is 1.29 bits per heavy atom. The summed E-state index contributed by atoms with van der Waals surface area (Å²) in [5, 5.41) is 6.73. The average molecular weight is 440 g/mol. The number of ether oxygens (including phenoxy) is 2. The summed E-state index contributed by atoms with van der Waals surface area (Å²) in [7, 11) is 3.10. The van der Waals surface area contributed by atoms with Gasteiger partial charge in [-0.3, -0.25) is 14.3 Å². The number of hydrogen-bond acceptors (Lipinski definition) is 5. The minimum absolute atomic E-state index is 0.119. The van der Waals surface area contributed by atoms with Gasteiger partial charge < -0.3 is 19.7 Å². The fourth-order valence-corrected chi connectivity index (χ4v) is 3.51. The Morgan fingerprint density at radius 3 is 2.74 bits per heavy atom. The first kappa shape index (κ1) is 22.4. The second-order valence-electron chi connectivity index (χ2n) is 7.19. The maximum absolute atomic E-state index is 12.9. The highest BCUT2D eigenvalue weighted by atomic mass is 19.4. The number of piperidine rings is 1. The lowest BCUT2D eigenvalue weighted by molar-refractivity contribution is -0.274. The number of rotatable bonds is 6. The molecule has 1 aromatic carbocycles. The molecule has 2 amide bonds. The monoisotopic (exact) mass is 440 g/mol. The van der Waals surface area contributed by atoms with Gasteiger partial charge in [-0.05, 0) is 18.9 Å². The van der Waals surface area contributed by atoms with Crippen LogP contribution in [0.5, 0.6) is 11.6 Å². The number of benzene rings is 1. The lowest BCUT2D eigenvalue weighted by Gasteiger charge is -2.32. The molecule has 0 spiro atoms. The molecule has 0 unspecified atom stereocenters. The Balaban J connectivity index is 1.62. The molecular weight excluding hydrogens is 417 g/mol. The van der Waals surface area contributed by atoms with Crippen LogP contribution >= 0.6 is 0 Å². The molecule has 11 heteroatoms. The molecule has 1 aliphatic heterocycles. The van der Waals surface area contributed by atoms with Crippen molar-refractivity contribution in [3.05, 3.63) is 41.6 Å². The van der Waals surface area contributed by atoms with Gasteiger partial charge in [-0.25, -0.2) is 0 Å². The molecule has 168 valence electrons. The van der Waals surface area contributed by atoms with Gasteiger partial charge in [-0.1, -0.05) is 18.2 Å². The van der Waals surface area contributed by atoms with Crippen LogP contribution in [0.15, 0.2) is 30.5 Å². The molecule has 1 atom stereocenters. The van der Waals surface area contributed by atoms with Crippen molar-refractivity contribution in [2.75, 3.05) is 20.2 Å². The quantitative estimate of drug-likeness (QED) is 0.746. The van der Waals surface area contributed by atoms with Crippen LogP contribution in [0.3, 0.4) is 0 Å². The molecule has 1 aromatic heterocycles. The van der Waals surface area contributed by atoms with Crippen molar-refractivity contribution in [3.63, 3.8) is 0 Å². The van der Waals surface area contributed by atoms with Crippen molar-refractivity contribution in [3.8, 4) is 11.6 Å². The van der Waals surface area contributed by atoms with Crippen LogP contribution in [0, 0.1) is 5.92 Å². The molecule has 0 aliphatic carbocycles. The normalized spacial score (nSPS) is 16.7. The van der Waals surface area contributed by atoms with E-state index in [9.17, 15) is 22.8 Å². The van der Waals surface area contributed by atoms with Gasteiger partial charge in [-0.2, -0.15) is 0 Å². The zero-order chi connectivity index (χ0) is 22.6. The number of amides is 2. The van der Waals surface area contributed by atoms with Crippen molar-refractivity contribution in [1.82, 2.24) is 20.0 Å². The van der Waals surface area contributed by atoms with Gasteiger partial charge in [-0.15, -0.1) is 18.3 Å². The van der Waals surface area contributed by atoms with E-state index < -0.39 is 12.3 Å². The van der Waals surface area contributed by atoms with E-state index in [2.05, 4.69) is 15.2 Å². The number of alkyl halides is 3. The molecule has 1 saturated heterocycles. The molecule has 2 heterocycles. The smallest absolute Gasteiger partial charge is 0.479 e. The highest BCUT2D eigenvalue weighted by molar-refractivity contribution is 5.96. The van der Waals surface area contributed by atoms with Crippen LogP contribution < -0.4 is 14.8 Å². The fraction of sp³-hybridized carbons (Fsp3) is 0.450. The summed E-state index contributed by atoms with van der Waals surface area (Å²) in [5.74, 6) is -1.25. The van der Waals surface area contributed by atoms with E-state index in [1.54, 1.807) is 24.2 Å². The number of likely N-dealkylation sites (tertiary alicyclic amines) is 1. The number of nitrogens with one attached hydrogen (secondary N) is 1. The predicted molar refractivity (Wildman–Crippen MR) is 103 cm³/mol. The topological polar surface area (TPSA) is 85.7 Å². The number of hydrogen-bond donors (Lipinski definition) is 1. The lowest BCUT2D eigenvalue weighted by Crippen LogP contribution is -2.45. The van der Waals surface area contributed by atoms with E-state index in [-0.39, 0.29) is 42.1 Å². The maximum Gasteiger partial charge on any atom is 0.573 e. The minimum atomic E-state index is -4.82. The molecule has 0 radical (unpaired) electrons. The predicted octanol–water partition coefficient (Wildman–Crippen LogP) is 2.50. The summed E-state index contributed by atoms with van der Waals surface area (Å²) in [6.45, 7) is 0.568. The number of halogens is 3. The van der Waals surface area contributed by atoms with E-state index >= 15 is 0 Å². The molecule has 1 fully saturated rings. The van der Waals surface area contributed by atoms with Crippen LogP contribution in [0.25, 0.3) is 0 Å². The summed E-state index contributed by atoms with van der Waals surface area (Å²) in [6, 6.07) is 5.63. The second-order valence-corrected chi connectivity index (χ2v) is 7.19. The molecule has 31 heavy (non-hydrogen) atoms. The standard InChI is InChI=1S/C20H23F3N4O4/c1-26-12-15(18(25-26)30-2)19(29)27-9-5-7-14(11-27)17(28)24-10-13-6-3-4-8-16(13)31-20(21,22)23/h3-4,6,8,12,14H,5,7,9-11H2,1-2H3,(H,24,28)/t14-/m0/s1. The zero-order valence-electron chi connectivity index (χ0n) is 17.1. The third kappa shape index (κ3) is 5.68. The number of aromatic nitrogens is 2. The van der Waals surface area contributed by atoms with Crippen LogP contribution in [-0.2, 0) is 18.4 Å². The van der Waals surface area contributed by atoms with Gasteiger partial charge in [0.1, 0.15) is 11.3 Å². The Kier molecular flexibility index (Phi) is 6.71. The summed E-state index contributed by atoms with van der Waals surface area (Å²) < 4.78 is 48.3. The SMILES string of the molecule is COc1nn(C)cc1C(=O)N1CCC[C@H](C(=O)NCc2ccccc2OC(F)(F)F)C1. The number of carbonyl (C=O) groups is 2. The first-order valence-electron chi connectivity index (χ1n) is 9.66. The van der Waals surface area contributed by atoms with Crippen LogP contribution in [0.1, 0.15) is 28.8 Å². The van der Waals surface area contributed by atoms with Gasteiger partial charge in [0.15, 0.2) is 0 Å². The van der Waals surface area contributed by atoms with Gasteiger partial charge >= 0.3 is 6.36 Å². The first-order valence-corrected chi connectivity index (χ1v) is 9.66. The molecule has 3 rings (SSSR count). The number of aryl methyl sites for hydroxylation is 1. The summed E-state index contributed by atoms with van der Waals surface area (Å²) in [5.41, 5.74) is 0.515. The third-order valence-corrected chi connectivity index (χ3v) is 4.95. The zero-order valence-corrected chi connectivity index (χ0v) is 17.1. The summed E-state index contributed by atoms with van der Waals surface area (Å²) in [4.78, 5) is 27.1. The molecule has 0 saturated carbocycles. The maximum atomic E-state index is 12.9. The fourth-order valence-electron chi connectivity index (χ4n) is 3.51. The van der Waals surface area contributed by atoms with Crippen molar-refractivity contribution < 1.29 is 32.2 Å². The van der Waals surface area contributed by atoms with Gasteiger partial charge in [0.25, 0.3) is 5.91 Å². The Hall–Kier alpha value is -3.24. The minimum Gasteiger partial charge on any atom is -0.479 e. The lowest BCUT2D eigenvalue weighted by atomic mass is 9.96.